The molecule has 0 spiro atoms. The highest BCUT2D eigenvalue weighted by Gasteiger charge is 2.30. The summed E-state index contributed by atoms with van der Waals surface area (Å²) in [5.74, 6) is -0.369. The average molecular weight is 342 g/mol. The fourth-order valence-electron chi connectivity index (χ4n) is 2.63. The number of amides is 1. The van der Waals surface area contributed by atoms with Crippen LogP contribution in [0.4, 0.5) is 4.39 Å². The number of phenols is 1. The lowest BCUT2D eigenvalue weighted by molar-refractivity contribution is -0.122. The third-order valence-electron chi connectivity index (χ3n) is 4.11. The third-order valence-corrected chi connectivity index (χ3v) is 4.11. The summed E-state index contributed by atoms with van der Waals surface area (Å²) in [5.41, 5.74) is 10.9. The first-order chi connectivity index (χ1) is 12.0. The number of hydrogen-bond acceptors (Lipinski definition) is 5. The second-order valence-corrected chi connectivity index (χ2v) is 5.90. The molecular weight excluding hydrogens is 323 g/mol. The molecule has 0 bridgehead atoms. The van der Waals surface area contributed by atoms with Crippen molar-refractivity contribution < 1.29 is 14.3 Å². The van der Waals surface area contributed by atoms with E-state index in [1.165, 1.54) is 12.1 Å². The Morgan fingerprint density at radius 1 is 1.16 bits per heavy atom. The van der Waals surface area contributed by atoms with Gasteiger partial charge in [0.25, 0.3) is 5.91 Å². The highest BCUT2D eigenvalue weighted by molar-refractivity contribution is 5.99. The van der Waals surface area contributed by atoms with Crippen LogP contribution in [-0.2, 0) is 4.79 Å². The van der Waals surface area contributed by atoms with E-state index in [1.807, 2.05) is 0 Å². The van der Waals surface area contributed by atoms with E-state index in [2.05, 4.69) is 21.4 Å². The summed E-state index contributed by atoms with van der Waals surface area (Å²) in [5, 5.41) is 13.4. The molecule has 1 aliphatic rings. The number of benzene rings is 2. The van der Waals surface area contributed by atoms with Crippen molar-refractivity contribution in [2.75, 3.05) is 0 Å². The molecule has 7 heteroatoms. The fraction of sp³-hybridized carbons (Fsp3) is 0.222. The number of hydrazone groups is 1. The molecule has 6 nitrogen and oxygen atoms in total. The Kier molecular flexibility index (Phi) is 5.06. The third kappa shape index (κ3) is 4.20. The Hall–Kier alpha value is -2.77. The Balaban J connectivity index is 1.57. The number of nitrogens with one attached hydrogen (secondary N) is 3. The van der Waals surface area contributed by atoms with Crippen molar-refractivity contribution in [1.82, 2.24) is 16.3 Å². The van der Waals surface area contributed by atoms with Crippen molar-refractivity contribution in [3.05, 3.63) is 65.5 Å². The predicted octanol–water partition coefficient (Wildman–Crippen LogP) is 1.98. The Bertz CT molecular complexity index is 775. The van der Waals surface area contributed by atoms with E-state index >= 15 is 0 Å². The molecule has 0 aliphatic carbocycles. The summed E-state index contributed by atoms with van der Waals surface area (Å²) in [4.78, 5) is 12.2. The van der Waals surface area contributed by atoms with Crippen LogP contribution in [0.25, 0.3) is 0 Å². The number of hydrogen-bond donors (Lipinski definition) is 4. The first kappa shape index (κ1) is 17.1. The topological polar surface area (TPSA) is 85.8 Å². The van der Waals surface area contributed by atoms with Gasteiger partial charge in [0.05, 0.1) is 5.71 Å². The summed E-state index contributed by atoms with van der Waals surface area (Å²) >= 11 is 0. The standard InChI is InChI=1S/C18H19FN4O2/c1-11(12-4-8-15(24)9-5-12)20-23-18(25)17-10-16(21-22-17)13-2-6-14(19)7-3-13/h2-9,16-17,21-22,24H,10H2,1H3,(H,23,25)/b20-11+. The number of phenolic OH excluding ortho intramolecular Hbond substituents is 1. The molecule has 130 valence electrons. The van der Waals surface area contributed by atoms with Gasteiger partial charge in [-0.3, -0.25) is 4.79 Å². The molecule has 2 atom stereocenters. The smallest absolute Gasteiger partial charge is 0.258 e. The zero-order valence-corrected chi connectivity index (χ0v) is 13.7. The predicted molar refractivity (Wildman–Crippen MR) is 92.3 cm³/mol. The lowest BCUT2D eigenvalue weighted by Crippen LogP contribution is -2.41. The van der Waals surface area contributed by atoms with Crippen LogP contribution in [0.5, 0.6) is 5.75 Å². The number of carbonyl (C=O) groups excluding carboxylic acids is 1. The lowest BCUT2D eigenvalue weighted by Gasteiger charge is -2.09. The monoisotopic (exact) mass is 342 g/mol. The highest BCUT2D eigenvalue weighted by atomic mass is 19.1. The molecule has 3 rings (SSSR count). The molecule has 2 unspecified atom stereocenters. The summed E-state index contributed by atoms with van der Waals surface area (Å²) in [6.45, 7) is 1.77. The van der Waals surface area contributed by atoms with E-state index in [0.717, 1.165) is 11.1 Å². The molecule has 1 aliphatic heterocycles. The zero-order valence-electron chi connectivity index (χ0n) is 13.7. The number of nitrogens with zero attached hydrogens (tertiary/aromatic N) is 1. The van der Waals surface area contributed by atoms with Gasteiger partial charge in [0.2, 0.25) is 0 Å². The molecule has 1 amide bonds. The van der Waals surface area contributed by atoms with Gasteiger partial charge < -0.3 is 5.11 Å². The molecule has 0 saturated carbocycles. The van der Waals surface area contributed by atoms with Crippen LogP contribution in [0, 0.1) is 5.82 Å². The van der Waals surface area contributed by atoms with Gasteiger partial charge in [0.1, 0.15) is 17.6 Å². The summed E-state index contributed by atoms with van der Waals surface area (Å²) in [6.07, 6.45) is 0.533. The van der Waals surface area contributed by atoms with Gasteiger partial charge in [-0.1, -0.05) is 12.1 Å². The minimum atomic E-state index is -0.438. The van der Waals surface area contributed by atoms with Crippen LogP contribution in [0.1, 0.15) is 30.5 Å². The first-order valence-corrected chi connectivity index (χ1v) is 7.93. The van der Waals surface area contributed by atoms with E-state index in [9.17, 15) is 14.3 Å². The van der Waals surface area contributed by atoms with Gasteiger partial charge in [-0.15, -0.1) is 0 Å². The lowest BCUT2D eigenvalue weighted by atomic mass is 10.0. The maximum absolute atomic E-state index is 13.0. The molecule has 1 heterocycles. The first-order valence-electron chi connectivity index (χ1n) is 7.93. The second kappa shape index (κ2) is 7.42. The molecule has 1 saturated heterocycles. The summed E-state index contributed by atoms with van der Waals surface area (Å²) in [7, 11) is 0. The quantitative estimate of drug-likeness (QED) is 0.506. The van der Waals surface area contributed by atoms with E-state index in [1.54, 1.807) is 43.3 Å². The van der Waals surface area contributed by atoms with E-state index in [-0.39, 0.29) is 23.5 Å². The maximum atomic E-state index is 13.0. The molecule has 25 heavy (non-hydrogen) atoms. The van der Waals surface area contributed by atoms with Gasteiger partial charge >= 0.3 is 0 Å². The van der Waals surface area contributed by atoms with Crippen LogP contribution in [0.3, 0.4) is 0 Å². The van der Waals surface area contributed by atoms with Gasteiger partial charge in [-0.25, -0.2) is 20.7 Å². The van der Waals surface area contributed by atoms with Gasteiger partial charge in [-0.05, 0) is 60.9 Å². The van der Waals surface area contributed by atoms with Crippen molar-refractivity contribution in [2.45, 2.75) is 25.4 Å². The summed E-state index contributed by atoms with van der Waals surface area (Å²) in [6, 6.07) is 12.2. The number of halogens is 1. The van der Waals surface area contributed by atoms with Crippen LogP contribution in [-0.4, -0.2) is 22.8 Å². The molecule has 0 aromatic heterocycles. The molecule has 0 radical (unpaired) electrons. The SMILES string of the molecule is C/C(=N\NC(=O)C1CC(c2ccc(F)cc2)NN1)c1ccc(O)cc1. The zero-order chi connectivity index (χ0) is 17.8. The second-order valence-electron chi connectivity index (χ2n) is 5.90. The van der Waals surface area contributed by atoms with Crippen LogP contribution in [0.15, 0.2) is 53.6 Å². The van der Waals surface area contributed by atoms with E-state index in [0.29, 0.717) is 12.1 Å². The average Bonchev–Trinajstić information content (AvgIpc) is 3.11. The van der Waals surface area contributed by atoms with Crippen molar-refractivity contribution in [3.63, 3.8) is 0 Å². The van der Waals surface area contributed by atoms with Crippen molar-refractivity contribution in [1.29, 1.82) is 0 Å². The number of aromatic hydroxyl groups is 1. The van der Waals surface area contributed by atoms with Crippen LogP contribution in [0.2, 0.25) is 0 Å². The van der Waals surface area contributed by atoms with Crippen LogP contribution < -0.4 is 16.3 Å². The Labute approximate surface area is 144 Å². The molecule has 2 aromatic carbocycles. The van der Waals surface area contributed by atoms with Gasteiger partial charge in [0, 0.05) is 6.04 Å². The van der Waals surface area contributed by atoms with Crippen LogP contribution >= 0.6 is 0 Å². The summed E-state index contributed by atoms with van der Waals surface area (Å²) < 4.78 is 13.0. The Morgan fingerprint density at radius 3 is 2.52 bits per heavy atom. The largest absolute Gasteiger partial charge is 0.508 e. The number of rotatable bonds is 4. The number of hydrazine groups is 1. The van der Waals surface area contributed by atoms with E-state index < -0.39 is 6.04 Å². The van der Waals surface area contributed by atoms with Crippen molar-refractivity contribution >= 4 is 11.6 Å². The van der Waals surface area contributed by atoms with Gasteiger partial charge in [0.15, 0.2) is 0 Å². The fourth-order valence-corrected chi connectivity index (χ4v) is 2.63. The van der Waals surface area contributed by atoms with Crippen molar-refractivity contribution in [3.8, 4) is 5.75 Å². The van der Waals surface area contributed by atoms with Crippen molar-refractivity contribution in [2.24, 2.45) is 5.10 Å². The highest BCUT2D eigenvalue weighted by Crippen LogP contribution is 2.22. The Morgan fingerprint density at radius 2 is 1.84 bits per heavy atom. The van der Waals surface area contributed by atoms with E-state index in [4.69, 9.17) is 0 Å². The minimum Gasteiger partial charge on any atom is -0.508 e. The normalized spacial score (nSPS) is 20.5. The molecule has 2 aromatic rings. The molecule has 4 N–H and O–H groups in total. The molecule has 1 fully saturated rings. The minimum absolute atomic E-state index is 0.0708. The molecular formula is C18H19FN4O2. The van der Waals surface area contributed by atoms with Gasteiger partial charge in [-0.2, -0.15) is 5.10 Å². The maximum Gasteiger partial charge on any atom is 0.258 e. The number of carbonyl (C=O) groups is 1.